The van der Waals surface area contributed by atoms with E-state index >= 15 is 0 Å². The maximum Gasteiger partial charge on any atom is 0.317 e. The van der Waals surface area contributed by atoms with Crippen molar-refractivity contribution in [3.63, 3.8) is 0 Å². The highest BCUT2D eigenvalue weighted by molar-refractivity contribution is 5.79. The molecule has 2 rings (SSSR count). The van der Waals surface area contributed by atoms with Gasteiger partial charge < -0.3 is 20.1 Å². The van der Waals surface area contributed by atoms with Crippen LogP contribution >= 0.6 is 0 Å². The average molecular weight is 362 g/mol. The Kier molecular flexibility index (Phi) is 7.00. The van der Waals surface area contributed by atoms with Gasteiger partial charge in [0, 0.05) is 25.0 Å². The number of hydrogen-bond acceptors (Lipinski definition) is 4. The molecule has 0 aliphatic carbocycles. The average Bonchev–Trinajstić information content (AvgIpc) is 3.01. The number of likely N-dealkylation sites (tertiary alicyclic amines) is 1. The first-order chi connectivity index (χ1) is 12.4. The van der Waals surface area contributed by atoms with Crippen LogP contribution in [0, 0.1) is 5.92 Å². The standard InChI is InChI=1S/C19H26N2O5/c1-13-16(18(24)26-2)10-11-21(13)19(25)20-15(8-9-17(22)23)12-14-6-4-3-5-7-14/h3-7,13,15-16H,8-12H2,1-2H3,(H,20,25)(H,22,23). The van der Waals surface area contributed by atoms with E-state index in [9.17, 15) is 14.4 Å². The second-order valence-corrected chi connectivity index (χ2v) is 6.62. The number of ether oxygens (including phenoxy) is 1. The normalized spacial score (nSPS) is 20.5. The molecule has 0 spiro atoms. The molecule has 3 atom stereocenters. The molecule has 0 radical (unpaired) electrons. The fraction of sp³-hybridized carbons (Fsp3) is 0.526. The summed E-state index contributed by atoms with van der Waals surface area (Å²) in [6.07, 6.45) is 1.46. The van der Waals surface area contributed by atoms with Crippen molar-refractivity contribution in [2.75, 3.05) is 13.7 Å². The van der Waals surface area contributed by atoms with Crippen molar-refractivity contribution in [3.8, 4) is 0 Å². The Morgan fingerprint density at radius 1 is 1.31 bits per heavy atom. The minimum absolute atomic E-state index is 0.0158. The number of methoxy groups -OCH3 is 1. The number of carbonyl (C=O) groups is 3. The Balaban J connectivity index is 2.01. The fourth-order valence-corrected chi connectivity index (χ4v) is 3.37. The Bertz CT molecular complexity index is 634. The van der Waals surface area contributed by atoms with Crippen LogP contribution in [0.15, 0.2) is 30.3 Å². The molecule has 1 aromatic carbocycles. The van der Waals surface area contributed by atoms with E-state index in [4.69, 9.17) is 9.84 Å². The summed E-state index contributed by atoms with van der Waals surface area (Å²) in [6.45, 7) is 2.31. The Hall–Kier alpha value is -2.57. The summed E-state index contributed by atoms with van der Waals surface area (Å²) in [7, 11) is 1.35. The first-order valence-electron chi connectivity index (χ1n) is 8.83. The molecule has 7 nitrogen and oxygen atoms in total. The van der Waals surface area contributed by atoms with Crippen LogP contribution in [-0.4, -0.2) is 53.7 Å². The van der Waals surface area contributed by atoms with E-state index in [1.165, 1.54) is 7.11 Å². The number of nitrogens with zero attached hydrogens (tertiary/aromatic N) is 1. The molecule has 142 valence electrons. The van der Waals surface area contributed by atoms with E-state index in [0.717, 1.165) is 5.56 Å². The number of hydrogen-bond donors (Lipinski definition) is 2. The smallest absolute Gasteiger partial charge is 0.317 e. The minimum Gasteiger partial charge on any atom is -0.481 e. The number of aliphatic carboxylic acids is 1. The molecule has 1 aromatic rings. The maximum absolute atomic E-state index is 12.7. The first kappa shape index (κ1) is 19.8. The molecule has 0 saturated carbocycles. The molecule has 1 fully saturated rings. The molecular weight excluding hydrogens is 336 g/mol. The van der Waals surface area contributed by atoms with Gasteiger partial charge in [-0.25, -0.2) is 4.79 Å². The van der Waals surface area contributed by atoms with Gasteiger partial charge in [-0.2, -0.15) is 0 Å². The zero-order chi connectivity index (χ0) is 19.1. The summed E-state index contributed by atoms with van der Waals surface area (Å²) < 4.78 is 4.80. The predicted octanol–water partition coefficient (Wildman–Crippen LogP) is 2.06. The number of benzene rings is 1. The summed E-state index contributed by atoms with van der Waals surface area (Å²) in [6, 6.07) is 8.83. The summed E-state index contributed by atoms with van der Waals surface area (Å²) in [5, 5.41) is 11.9. The van der Waals surface area contributed by atoms with E-state index in [2.05, 4.69) is 5.32 Å². The lowest BCUT2D eigenvalue weighted by molar-refractivity contribution is -0.146. The molecule has 1 aliphatic rings. The van der Waals surface area contributed by atoms with Crippen molar-refractivity contribution >= 4 is 18.0 Å². The lowest BCUT2D eigenvalue weighted by atomic mass is 10.0. The van der Waals surface area contributed by atoms with Crippen LogP contribution in [0.4, 0.5) is 4.79 Å². The van der Waals surface area contributed by atoms with Gasteiger partial charge in [0.15, 0.2) is 0 Å². The van der Waals surface area contributed by atoms with Gasteiger partial charge >= 0.3 is 18.0 Å². The third-order valence-electron chi connectivity index (χ3n) is 4.88. The molecule has 3 unspecified atom stereocenters. The zero-order valence-corrected chi connectivity index (χ0v) is 15.2. The number of nitrogens with one attached hydrogen (secondary N) is 1. The largest absolute Gasteiger partial charge is 0.481 e. The lowest BCUT2D eigenvalue weighted by Crippen LogP contribution is -2.48. The first-order valence-corrected chi connectivity index (χ1v) is 8.83. The monoisotopic (exact) mass is 362 g/mol. The van der Waals surface area contributed by atoms with Gasteiger partial charge in [-0.05, 0) is 31.7 Å². The SMILES string of the molecule is COC(=O)C1CCN(C(=O)NC(CCC(=O)O)Cc2ccccc2)C1C. The van der Waals surface area contributed by atoms with Crippen LogP contribution in [-0.2, 0) is 20.7 Å². The van der Waals surface area contributed by atoms with E-state index in [-0.39, 0.29) is 36.4 Å². The second kappa shape index (κ2) is 9.22. The molecule has 1 heterocycles. The minimum atomic E-state index is -0.891. The topological polar surface area (TPSA) is 95.9 Å². The number of carboxylic acid groups (broad SMARTS) is 1. The highest BCUT2D eigenvalue weighted by Crippen LogP contribution is 2.25. The summed E-state index contributed by atoms with van der Waals surface area (Å²) in [5.74, 6) is -1.52. The number of carbonyl (C=O) groups excluding carboxylic acids is 2. The number of urea groups is 1. The third-order valence-corrected chi connectivity index (χ3v) is 4.88. The van der Waals surface area contributed by atoms with Crippen molar-refractivity contribution in [2.24, 2.45) is 5.92 Å². The van der Waals surface area contributed by atoms with E-state index in [0.29, 0.717) is 25.8 Å². The lowest BCUT2D eigenvalue weighted by Gasteiger charge is -2.27. The Morgan fingerprint density at radius 3 is 2.62 bits per heavy atom. The molecule has 2 N–H and O–H groups in total. The van der Waals surface area contributed by atoms with E-state index in [1.54, 1.807) is 4.90 Å². The molecule has 7 heteroatoms. The van der Waals surface area contributed by atoms with Gasteiger partial charge in [0.1, 0.15) is 0 Å². The van der Waals surface area contributed by atoms with Crippen molar-refractivity contribution < 1.29 is 24.2 Å². The van der Waals surface area contributed by atoms with Crippen LogP contribution in [0.25, 0.3) is 0 Å². The summed E-state index contributed by atoms with van der Waals surface area (Å²) in [5.41, 5.74) is 1.03. The molecule has 1 saturated heterocycles. The van der Waals surface area contributed by atoms with Gasteiger partial charge in [0.25, 0.3) is 0 Å². The Labute approximate surface area is 153 Å². The van der Waals surface area contributed by atoms with Crippen molar-refractivity contribution in [2.45, 2.75) is 44.7 Å². The molecular formula is C19H26N2O5. The van der Waals surface area contributed by atoms with Crippen molar-refractivity contribution in [1.82, 2.24) is 10.2 Å². The second-order valence-electron chi connectivity index (χ2n) is 6.62. The Morgan fingerprint density at radius 2 is 2.00 bits per heavy atom. The van der Waals surface area contributed by atoms with Gasteiger partial charge in [0.2, 0.25) is 0 Å². The highest BCUT2D eigenvalue weighted by atomic mass is 16.5. The van der Waals surface area contributed by atoms with Gasteiger partial charge in [0.05, 0.1) is 13.0 Å². The molecule has 1 aliphatic heterocycles. The molecule has 0 aromatic heterocycles. The maximum atomic E-state index is 12.7. The van der Waals surface area contributed by atoms with Crippen LogP contribution in [0.1, 0.15) is 31.7 Å². The number of amides is 2. The highest BCUT2D eigenvalue weighted by Gasteiger charge is 2.39. The van der Waals surface area contributed by atoms with Crippen molar-refractivity contribution in [3.05, 3.63) is 35.9 Å². The number of esters is 1. The van der Waals surface area contributed by atoms with Crippen LogP contribution in [0.2, 0.25) is 0 Å². The van der Waals surface area contributed by atoms with Gasteiger partial charge in [-0.3, -0.25) is 9.59 Å². The number of rotatable bonds is 7. The van der Waals surface area contributed by atoms with Crippen LogP contribution in [0.5, 0.6) is 0 Å². The van der Waals surface area contributed by atoms with Gasteiger partial charge in [-0.1, -0.05) is 30.3 Å². The van der Waals surface area contributed by atoms with E-state index in [1.807, 2.05) is 37.3 Å². The fourth-order valence-electron chi connectivity index (χ4n) is 3.37. The zero-order valence-electron chi connectivity index (χ0n) is 15.2. The van der Waals surface area contributed by atoms with Gasteiger partial charge in [-0.15, -0.1) is 0 Å². The molecule has 2 amide bonds. The summed E-state index contributed by atoms with van der Waals surface area (Å²) in [4.78, 5) is 37.0. The molecule has 0 bridgehead atoms. The van der Waals surface area contributed by atoms with Crippen LogP contribution in [0.3, 0.4) is 0 Å². The number of carboxylic acids is 1. The van der Waals surface area contributed by atoms with Crippen LogP contribution < -0.4 is 5.32 Å². The predicted molar refractivity (Wildman–Crippen MR) is 95.6 cm³/mol. The van der Waals surface area contributed by atoms with E-state index < -0.39 is 5.97 Å². The quantitative estimate of drug-likeness (QED) is 0.724. The van der Waals surface area contributed by atoms with Crippen molar-refractivity contribution in [1.29, 1.82) is 0 Å². The molecule has 26 heavy (non-hydrogen) atoms. The summed E-state index contributed by atoms with van der Waals surface area (Å²) >= 11 is 0. The third kappa shape index (κ3) is 5.21.